The zero-order valence-electron chi connectivity index (χ0n) is 3.29. The van der Waals surface area contributed by atoms with Crippen molar-refractivity contribution < 1.29 is 13.2 Å². The summed E-state index contributed by atoms with van der Waals surface area (Å²) >= 11 is -0.374. The normalized spacial score (nSPS) is 16.0. The van der Waals surface area contributed by atoms with E-state index in [1.807, 2.05) is 0 Å². The van der Waals surface area contributed by atoms with Crippen molar-refractivity contribution in [1.29, 1.82) is 0 Å². The van der Waals surface area contributed by atoms with E-state index in [0.717, 1.165) is 0 Å². The van der Waals surface area contributed by atoms with E-state index < -0.39 is 11.4 Å². The van der Waals surface area contributed by atoms with Gasteiger partial charge in [0, 0.05) is 0 Å². The molecule has 0 spiro atoms. The molecule has 0 saturated carbocycles. The van der Waals surface area contributed by atoms with Crippen molar-refractivity contribution in [2.75, 3.05) is 0 Å². The van der Waals surface area contributed by atoms with Crippen LogP contribution in [0.1, 0.15) is 0 Å². The van der Waals surface area contributed by atoms with E-state index in [1.165, 1.54) is 0 Å². The zero-order chi connectivity index (χ0) is 5.15. The third-order valence-electron chi connectivity index (χ3n) is 0.347. The van der Waals surface area contributed by atoms with Crippen molar-refractivity contribution >= 4 is 16.5 Å². The molecule has 0 aliphatic carbocycles. The molecule has 1 unspecified atom stereocenters. The van der Waals surface area contributed by atoms with E-state index in [-0.39, 0.29) is 16.5 Å². The van der Waals surface area contributed by atoms with Crippen molar-refractivity contribution in [2.45, 2.75) is 11.4 Å². The first-order chi connectivity index (χ1) is 2.64. The summed E-state index contributed by atoms with van der Waals surface area (Å²) in [4.78, 5) is 0. The van der Waals surface area contributed by atoms with Crippen molar-refractivity contribution in [3.63, 3.8) is 0 Å². The monoisotopic (exact) mass is 160 g/mol. The molecular formula is C2H5F3Ge. The summed E-state index contributed by atoms with van der Waals surface area (Å²) in [7, 11) is 0. The molecule has 0 aliphatic rings. The quantitative estimate of drug-likeness (QED) is 0.468. The average molecular weight is 159 g/mol. The van der Waals surface area contributed by atoms with Gasteiger partial charge in [-0.05, 0) is 0 Å². The first kappa shape index (κ1) is 6.33. The third kappa shape index (κ3) is 2.56. The summed E-state index contributed by atoms with van der Waals surface area (Å²) in [5.41, 5.74) is 0. The fourth-order valence-electron chi connectivity index (χ4n) is 0. The van der Waals surface area contributed by atoms with Gasteiger partial charge in [0.05, 0.1) is 0 Å². The van der Waals surface area contributed by atoms with Crippen LogP contribution in [0.3, 0.4) is 0 Å². The molecule has 0 aromatic rings. The van der Waals surface area contributed by atoms with E-state index in [1.54, 1.807) is 0 Å². The molecule has 38 valence electrons. The molecule has 0 aliphatic heterocycles. The second-order valence-corrected chi connectivity index (χ2v) is 3.33. The van der Waals surface area contributed by atoms with Crippen LogP contribution < -0.4 is 0 Å². The van der Waals surface area contributed by atoms with E-state index in [2.05, 4.69) is 0 Å². The summed E-state index contributed by atoms with van der Waals surface area (Å²) in [5.74, 6) is 0. The number of hydrogen-bond acceptors (Lipinski definition) is 0. The molecule has 0 saturated heterocycles. The maximum atomic E-state index is 11.2. The van der Waals surface area contributed by atoms with Crippen LogP contribution in [0, 0.1) is 0 Å². The first-order valence-electron chi connectivity index (χ1n) is 1.57. The molecule has 0 aromatic heterocycles. The Kier molecular flexibility index (Phi) is 2.63. The van der Waals surface area contributed by atoms with Crippen LogP contribution in [0.2, 0.25) is 0 Å². The van der Waals surface area contributed by atoms with E-state index in [9.17, 15) is 13.2 Å². The Labute approximate surface area is 41.9 Å². The fraction of sp³-hybridized carbons (Fsp3) is 1.00. The molecule has 0 nitrogen and oxygen atoms in total. The van der Waals surface area contributed by atoms with Gasteiger partial charge in [-0.2, -0.15) is 0 Å². The molecule has 0 radical (unpaired) electrons. The predicted octanol–water partition coefficient (Wildman–Crippen LogP) is -0.0875. The summed E-state index contributed by atoms with van der Waals surface area (Å²) in [6.07, 6.45) is -2.73. The van der Waals surface area contributed by atoms with Crippen LogP contribution in [0.4, 0.5) is 13.2 Å². The van der Waals surface area contributed by atoms with Gasteiger partial charge >= 0.3 is 41.1 Å². The van der Waals surface area contributed by atoms with Gasteiger partial charge in [0.25, 0.3) is 0 Å². The number of hydrogen-bond donors (Lipinski definition) is 0. The van der Waals surface area contributed by atoms with Crippen LogP contribution in [0.15, 0.2) is 0 Å². The molecule has 0 heterocycles. The number of alkyl halides is 3. The molecule has 0 bridgehead atoms. The van der Waals surface area contributed by atoms with Crippen molar-refractivity contribution in [1.82, 2.24) is 0 Å². The van der Waals surface area contributed by atoms with Crippen LogP contribution in [-0.2, 0) is 0 Å². The second kappa shape index (κ2) is 2.50. The molecule has 0 N–H and O–H groups in total. The number of halogens is 3. The summed E-state index contributed by atoms with van der Waals surface area (Å²) in [5, 5.41) is -1.79. The maximum absolute atomic E-state index is 11.2. The molecule has 0 fully saturated rings. The summed E-state index contributed by atoms with van der Waals surface area (Å²) < 4.78 is 32.8. The number of rotatable bonds is 1. The van der Waals surface area contributed by atoms with Crippen LogP contribution in [0.5, 0.6) is 0 Å². The minimum absolute atomic E-state index is 0.374. The zero-order valence-corrected chi connectivity index (χ0v) is 7.48. The molecule has 4 heteroatoms. The van der Waals surface area contributed by atoms with Gasteiger partial charge in [0.1, 0.15) is 0 Å². The van der Waals surface area contributed by atoms with Crippen molar-refractivity contribution in [3.8, 4) is 0 Å². The van der Waals surface area contributed by atoms with E-state index >= 15 is 0 Å². The molecule has 0 rings (SSSR count). The fourth-order valence-corrected chi connectivity index (χ4v) is 0. The molecule has 1 atom stereocenters. The minimum atomic E-state index is -2.73. The van der Waals surface area contributed by atoms with Crippen LogP contribution in [0.25, 0.3) is 0 Å². The van der Waals surface area contributed by atoms with Crippen molar-refractivity contribution in [3.05, 3.63) is 0 Å². The topological polar surface area (TPSA) is 0 Å². The molecule has 6 heavy (non-hydrogen) atoms. The van der Waals surface area contributed by atoms with Gasteiger partial charge in [-0.15, -0.1) is 0 Å². The van der Waals surface area contributed by atoms with Gasteiger partial charge in [-0.1, -0.05) is 0 Å². The Morgan fingerprint density at radius 2 is 1.33 bits per heavy atom. The van der Waals surface area contributed by atoms with Gasteiger partial charge in [-0.25, -0.2) is 0 Å². The average Bonchev–Trinajstić information content (AvgIpc) is 1.36. The van der Waals surface area contributed by atoms with Gasteiger partial charge in [-0.3, -0.25) is 0 Å². The Balaban J connectivity index is 2.99. The van der Waals surface area contributed by atoms with E-state index in [4.69, 9.17) is 0 Å². The van der Waals surface area contributed by atoms with Gasteiger partial charge < -0.3 is 0 Å². The van der Waals surface area contributed by atoms with E-state index in [0.29, 0.717) is 0 Å². The Hall–Kier alpha value is 0.333. The summed E-state index contributed by atoms with van der Waals surface area (Å²) in [6.45, 7) is 0. The first-order valence-corrected chi connectivity index (χ1v) is 3.99. The van der Waals surface area contributed by atoms with Crippen LogP contribution >= 0.6 is 0 Å². The molecule has 0 amide bonds. The molecular weight excluding hydrogens is 154 g/mol. The van der Waals surface area contributed by atoms with Crippen molar-refractivity contribution in [2.24, 2.45) is 0 Å². The Morgan fingerprint density at radius 1 is 1.17 bits per heavy atom. The van der Waals surface area contributed by atoms with Gasteiger partial charge in [0.15, 0.2) is 0 Å². The standard InChI is InChI=1S/C2H5F3Ge/c3-1(4)2(5)6/h1-2H,6H3. The second-order valence-electron chi connectivity index (χ2n) is 1.01. The SMILES string of the molecule is FC(F)[CH](F)[GeH3]. The molecule has 0 aromatic carbocycles. The van der Waals surface area contributed by atoms with Crippen LogP contribution in [-0.4, -0.2) is 27.9 Å². The predicted molar refractivity (Wildman–Crippen MR) is 20.8 cm³/mol. The van der Waals surface area contributed by atoms with Gasteiger partial charge in [0.2, 0.25) is 0 Å². The summed E-state index contributed by atoms with van der Waals surface area (Å²) in [6, 6.07) is 0. The third-order valence-corrected chi connectivity index (χ3v) is 1.40. The Bertz CT molecular complexity index is 29.8. The Morgan fingerprint density at radius 3 is 1.33 bits per heavy atom.